The average Bonchev–Trinajstić information content (AvgIpc) is 3.34. The Balaban J connectivity index is 1.68. The van der Waals surface area contributed by atoms with Crippen molar-refractivity contribution in [1.82, 2.24) is 25.0 Å². The van der Waals surface area contributed by atoms with Gasteiger partial charge in [-0.3, -0.25) is 14.7 Å². The van der Waals surface area contributed by atoms with Crippen molar-refractivity contribution in [2.75, 3.05) is 13.7 Å². The van der Waals surface area contributed by atoms with Gasteiger partial charge >= 0.3 is 6.09 Å². The van der Waals surface area contributed by atoms with Crippen LogP contribution >= 0.6 is 23.2 Å². The van der Waals surface area contributed by atoms with Crippen LogP contribution in [0.25, 0.3) is 17.3 Å². The second-order valence-corrected chi connectivity index (χ2v) is 10.0. The van der Waals surface area contributed by atoms with E-state index < -0.39 is 18.0 Å². The Bertz CT molecular complexity index is 1610. The van der Waals surface area contributed by atoms with Crippen molar-refractivity contribution in [3.05, 3.63) is 111 Å². The first kappa shape index (κ1) is 27.4. The van der Waals surface area contributed by atoms with E-state index in [1.54, 1.807) is 47.3 Å². The molecule has 5 rings (SSSR count). The Labute approximate surface area is 240 Å². The van der Waals surface area contributed by atoms with Crippen LogP contribution in [0.4, 0.5) is 9.18 Å². The van der Waals surface area contributed by atoms with Crippen molar-refractivity contribution in [2.24, 2.45) is 0 Å². The van der Waals surface area contributed by atoms with E-state index >= 15 is 0 Å². The molecule has 0 spiro atoms. The number of fused-ring (bicyclic) bond motifs is 1. The third-order valence-corrected chi connectivity index (χ3v) is 7.01. The van der Waals surface area contributed by atoms with Crippen molar-refractivity contribution in [3.8, 4) is 5.69 Å². The minimum absolute atomic E-state index is 0.0642. The second-order valence-electron chi connectivity index (χ2n) is 9.18. The van der Waals surface area contributed by atoms with Crippen molar-refractivity contribution >= 4 is 46.9 Å². The highest BCUT2D eigenvalue weighted by Crippen LogP contribution is 2.36. The van der Waals surface area contributed by atoms with Crippen LogP contribution < -0.4 is 5.32 Å². The quantitative estimate of drug-likeness (QED) is 0.298. The van der Waals surface area contributed by atoms with Crippen LogP contribution in [0.15, 0.2) is 66.9 Å². The van der Waals surface area contributed by atoms with Gasteiger partial charge in [0.05, 0.1) is 48.3 Å². The van der Waals surface area contributed by atoms with Gasteiger partial charge in [-0.2, -0.15) is 5.10 Å². The fourth-order valence-corrected chi connectivity index (χ4v) is 5.06. The molecule has 204 valence electrons. The molecule has 0 saturated heterocycles. The number of rotatable bonds is 5. The van der Waals surface area contributed by atoms with Crippen LogP contribution in [-0.2, 0) is 11.3 Å². The van der Waals surface area contributed by atoms with Crippen LogP contribution in [-0.4, -0.2) is 45.3 Å². The lowest BCUT2D eigenvalue weighted by molar-refractivity contribution is 0.0929. The molecule has 40 heavy (non-hydrogen) atoms. The van der Waals surface area contributed by atoms with Crippen molar-refractivity contribution < 1.29 is 18.7 Å². The Hall–Kier alpha value is -4.21. The highest BCUT2D eigenvalue weighted by molar-refractivity contribution is 6.35. The average molecular weight is 580 g/mol. The largest absolute Gasteiger partial charge is 0.453 e. The normalized spacial score (nSPS) is 14.5. The zero-order valence-corrected chi connectivity index (χ0v) is 23.1. The van der Waals surface area contributed by atoms with Crippen LogP contribution in [0.1, 0.15) is 46.0 Å². The van der Waals surface area contributed by atoms with Gasteiger partial charge in [0, 0.05) is 16.8 Å². The fraction of sp³-hybridized carbons (Fsp3) is 0.172. The zero-order chi connectivity index (χ0) is 28.4. The number of hydrogen-bond donors (Lipinski definition) is 1. The topological polar surface area (TPSA) is 89.3 Å². The SMILES string of the molecule is COC(=O)N1C/C(=C\c2ccc(F)cc2)c2c(c(C(=O)NC(C)c3ccccn3)nn2-c2ccc(Cl)cc2Cl)C1. The molecular formula is C29H24Cl2FN5O3. The van der Waals surface area contributed by atoms with E-state index in [-0.39, 0.29) is 24.6 Å². The first-order valence-corrected chi connectivity index (χ1v) is 13.1. The highest BCUT2D eigenvalue weighted by atomic mass is 35.5. The smallest absolute Gasteiger partial charge is 0.410 e. The first-order valence-electron chi connectivity index (χ1n) is 12.3. The molecule has 1 aliphatic rings. The van der Waals surface area contributed by atoms with E-state index in [9.17, 15) is 14.0 Å². The number of pyridine rings is 1. The van der Waals surface area contributed by atoms with E-state index in [4.69, 9.17) is 33.0 Å². The standard InChI is InChI=1S/C29H24Cl2FN5O3/c1-17(24-5-3-4-12-33-24)34-28(38)26-22-16-36(29(39)40-2)15-19(13-18-6-9-21(32)10-7-18)27(22)37(35-26)25-11-8-20(30)14-23(25)31/h3-14,17H,15-16H2,1-2H3,(H,34,38)/b19-13+. The molecule has 2 aromatic heterocycles. The molecule has 1 aliphatic heterocycles. The Morgan fingerprint density at radius 2 is 1.88 bits per heavy atom. The summed E-state index contributed by atoms with van der Waals surface area (Å²) in [5.74, 6) is -0.826. The number of benzene rings is 2. The van der Waals surface area contributed by atoms with Crippen molar-refractivity contribution in [3.63, 3.8) is 0 Å². The second kappa shape index (κ2) is 11.5. The van der Waals surface area contributed by atoms with Gasteiger partial charge in [0.2, 0.25) is 0 Å². The third kappa shape index (κ3) is 5.57. The molecule has 0 aliphatic carbocycles. The van der Waals surface area contributed by atoms with E-state index in [1.165, 1.54) is 24.1 Å². The minimum atomic E-state index is -0.568. The zero-order valence-electron chi connectivity index (χ0n) is 21.6. The third-order valence-electron chi connectivity index (χ3n) is 6.47. The molecule has 4 aromatic rings. The number of nitrogens with zero attached hydrogens (tertiary/aromatic N) is 4. The van der Waals surface area contributed by atoms with Crippen molar-refractivity contribution in [2.45, 2.75) is 19.5 Å². The highest BCUT2D eigenvalue weighted by Gasteiger charge is 2.34. The molecule has 0 fully saturated rings. The minimum Gasteiger partial charge on any atom is -0.453 e. The van der Waals surface area contributed by atoms with E-state index in [1.807, 2.05) is 25.1 Å². The van der Waals surface area contributed by atoms with Gasteiger partial charge < -0.3 is 10.1 Å². The summed E-state index contributed by atoms with van der Waals surface area (Å²) in [6, 6.07) is 15.9. The lowest BCUT2D eigenvalue weighted by Crippen LogP contribution is -2.36. The molecule has 1 atom stereocenters. The number of carbonyl (C=O) groups is 2. The molecule has 11 heteroatoms. The number of nitrogens with one attached hydrogen (secondary N) is 1. The monoisotopic (exact) mass is 579 g/mol. The number of aromatic nitrogens is 3. The molecule has 2 aromatic carbocycles. The summed E-state index contributed by atoms with van der Waals surface area (Å²) in [6.07, 6.45) is 2.90. The number of methoxy groups -OCH3 is 1. The van der Waals surface area contributed by atoms with E-state index in [0.717, 1.165) is 0 Å². The summed E-state index contributed by atoms with van der Waals surface area (Å²) in [5.41, 5.74) is 3.72. The Kier molecular flexibility index (Phi) is 7.86. The molecule has 3 heterocycles. The number of amides is 2. The summed E-state index contributed by atoms with van der Waals surface area (Å²) in [4.78, 5) is 32.1. The number of ether oxygens (including phenoxy) is 1. The maximum absolute atomic E-state index is 13.7. The van der Waals surface area contributed by atoms with Crippen LogP contribution in [0.3, 0.4) is 0 Å². The summed E-state index contributed by atoms with van der Waals surface area (Å²) in [6.45, 7) is 2.04. The van der Waals surface area contributed by atoms with Gasteiger partial charge in [0.25, 0.3) is 5.91 Å². The van der Waals surface area contributed by atoms with Crippen LogP contribution in [0, 0.1) is 5.82 Å². The molecule has 0 radical (unpaired) electrons. The molecular weight excluding hydrogens is 556 g/mol. The number of hydrogen-bond acceptors (Lipinski definition) is 5. The fourth-order valence-electron chi connectivity index (χ4n) is 4.57. The maximum Gasteiger partial charge on any atom is 0.410 e. The summed E-state index contributed by atoms with van der Waals surface area (Å²) < 4.78 is 20.2. The summed E-state index contributed by atoms with van der Waals surface area (Å²) in [5, 5.41) is 8.42. The molecule has 2 amide bonds. The predicted molar refractivity (Wildman–Crippen MR) is 151 cm³/mol. The Morgan fingerprint density at radius 3 is 2.55 bits per heavy atom. The van der Waals surface area contributed by atoms with Crippen LogP contribution in [0.5, 0.6) is 0 Å². The maximum atomic E-state index is 13.7. The number of halogens is 3. The van der Waals surface area contributed by atoms with Gasteiger partial charge in [-0.05, 0) is 66.6 Å². The number of carbonyl (C=O) groups excluding carboxylic acids is 2. The molecule has 0 saturated carbocycles. The van der Waals surface area contributed by atoms with Gasteiger partial charge in [0.15, 0.2) is 5.69 Å². The Morgan fingerprint density at radius 1 is 1.10 bits per heavy atom. The molecule has 1 unspecified atom stereocenters. The summed E-state index contributed by atoms with van der Waals surface area (Å²) in [7, 11) is 1.29. The lowest BCUT2D eigenvalue weighted by Gasteiger charge is -2.29. The van der Waals surface area contributed by atoms with E-state index in [2.05, 4.69) is 10.3 Å². The first-order chi connectivity index (χ1) is 19.2. The summed E-state index contributed by atoms with van der Waals surface area (Å²) >= 11 is 12.7. The van der Waals surface area contributed by atoms with Crippen LogP contribution in [0.2, 0.25) is 10.0 Å². The molecule has 1 N–H and O–H groups in total. The van der Waals surface area contributed by atoms with Gasteiger partial charge in [0.1, 0.15) is 5.82 Å². The molecule has 8 nitrogen and oxygen atoms in total. The molecule has 0 bridgehead atoms. The van der Waals surface area contributed by atoms with E-state index in [0.29, 0.717) is 43.8 Å². The van der Waals surface area contributed by atoms with Gasteiger partial charge in [-0.15, -0.1) is 0 Å². The van der Waals surface area contributed by atoms with Crippen molar-refractivity contribution in [1.29, 1.82) is 0 Å². The predicted octanol–water partition coefficient (Wildman–Crippen LogP) is 6.33. The van der Waals surface area contributed by atoms with Gasteiger partial charge in [-0.1, -0.05) is 41.4 Å². The lowest BCUT2D eigenvalue weighted by atomic mass is 9.97. The van der Waals surface area contributed by atoms with Gasteiger partial charge in [-0.25, -0.2) is 13.9 Å².